The number of thiophene rings is 1. The summed E-state index contributed by atoms with van der Waals surface area (Å²) in [7, 11) is 0. The SMILES string of the molecule is CCN1C(=O)C(Cl)(Cl)c2cc3sccc3cc21. The Morgan fingerprint density at radius 1 is 1.41 bits per heavy atom. The largest absolute Gasteiger partial charge is 0.309 e. The lowest BCUT2D eigenvalue weighted by atomic mass is 10.1. The van der Waals surface area contributed by atoms with Gasteiger partial charge in [0.25, 0.3) is 5.91 Å². The van der Waals surface area contributed by atoms with Gasteiger partial charge in [0, 0.05) is 16.8 Å². The van der Waals surface area contributed by atoms with Crippen LogP contribution in [0.3, 0.4) is 0 Å². The van der Waals surface area contributed by atoms with Crippen LogP contribution in [0.4, 0.5) is 5.69 Å². The van der Waals surface area contributed by atoms with Crippen molar-refractivity contribution in [1.82, 2.24) is 0 Å². The number of halogens is 2. The van der Waals surface area contributed by atoms with E-state index in [-0.39, 0.29) is 5.91 Å². The number of benzene rings is 1. The molecule has 0 aliphatic carbocycles. The van der Waals surface area contributed by atoms with E-state index in [4.69, 9.17) is 23.2 Å². The zero-order valence-corrected chi connectivity index (χ0v) is 11.4. The molecule has 88 valence electrons. The number of hydrogen-bond acceptors (Lipinski definition) is 2. The van der Waals surface area contributed by atoms with Crippen LogP contribution >= 0.6 is 34.5 Å². The van der Waals surface area contributed by atoms with Gasteiger partial charge in [-0.3, -0.25) is 4.79 Å². The average Bonchev–Trinajstić information content (AvgIpc) is 2.81. The van der Waals surface area contributed by atoms with Crippen molar-refractivity contribution in [2.45, 2.75) is 11.3 Å². The van der Waals surface area contributed by atoms with Crippen molar-refractivity contribution < 1.29 is 4.79 Å². The molecule has 1 aromatic heterocycles. The smallest absolute Gasteiger partial charge is 0.268 e. The van der Waals surface area contributed by atoms with Gasteiger partial charge in [0.2, 0.25) is 4.33 Å². The second kappa shape index (κ2) is 3.61. The van der Waals surface area contributed by atoms with Gasteiger partial charge >= 0.3 is 0 Å². The zero-order chi connectivity index (χ0) is 12.2. The third-order valence-corrected chi connectivity index (χ3v) is 4.64. The number of carbonyl (C=O) groups is 1. The quantitative estimate of drug-likeness (QED) is 0.728. The third kappa shape index (κ3) is 1.43. The lowest BCUT2D eigenvalue weighted by molar-refractivity contribution is -0.118. The Hall–Kier alpha value is -0.770. The van der Waals surface area contributed by atoms with Gasteiger partial charge in [-0.05, 0) is 35.9 Å². The fourth-order valence-corrected chi connectivity index (χ4v) is 3.50. The monoisotopic (exact) mass is 285 g/mol. The summed E-state index contributed by atoms with van der Waals surface area (Å²) in [5, 5.41) is 3.13. The molecule has 1 amide bonds. The van der Waals surface area contributed by atoms with Gasteiger partial charge in [-0.2, -0.15) is 0 Å². The van der Waals surface area contributed by atoms with E-state index >= 15 is 0 Å². The highest BCUT2D eigenvalue weighted by Gasteiger charge is 2.48. The molecule has 0 N–H and O–H groups in total. The van der Waals surface area contributed by atoms with Crippen LogP contribution in [0.25, 0.3) is 10.1 Å². The van der Waals surface area contributed by atoms with Crippen molar-refractivity contribution in [2.24, 2.45) is 0 Å². The van der Waals surface area contributed by atoms with Crippen LogP contribution in [-0.2, 0) is 9.13 Å². The van der Waals surface area contributed by atoms with E-state index in [9.17, 15) is 4.79 Å². The second-order valence-corrected chi connectivity index (χ2v) is 6.23. The van der Waals surface area contributed by atoms with E-state index in [1.807, 2.05) is 30.5 Å². The molecule has 1 aliphatic heterocycles. The summed E-state index contributed by atoms with van der Waals surface area (Å²) in [4.78, 5) is 13.7. The van der Waals surface area contributed by atoms with Gasteiger partial charge in [0.1, 0.15) is 0 Å². The maximum atomic E-state index is 12.1. The molecule has 0 bridgehead atoms. The standard InChI is InChI=1S/C12H9Cl2NOS/c1-2-15-9-5-7-3-4-17-10(7)6-8(9)12(13,14)11(15)16/h3-6H,2H2,1H3. The summed E-state index contributed by atoms with van der Waals surface area (Å²) in [6.07, 6.45) is 0. The predicted octanol–water partition coefficient (Wildman–Crippen LogP) is 3.90. The first-order valence-corrected chi connectivity index (χ1v) is 6.90. The molecule has 5 heteroatoms. The minimum absolute atomic E-state index is 0.254. The van der Waals surface area contributed by atoms with Gasteiger partial charge < -0.3 is 4.90 Å². The molecule has 17 heavy (non-hydrogen) atoms. The highest BCUT2D eigenvalue weighted by Crippen LogP contribution is 2.49. The molecule has 1 aliphatic rings. The number of carbonyl (C=O) groups excluding carboxylic acids is 1. The number of fused-ring (bicyclic) bond motifs is 2. The van der Waals surface area contributed by atoms with Crippen LogP contribution in [0.2, 0.25) is 0 Å². The molecule has 2 heterocycles. The van der Waals surface area contributed by atoms with Gasteiger partial charge in [0.15, 0.2) is 0 Å². The fraction of sp³-hybridized carbons (Fsp3) is 0.250. The van der Waals surface area contributed by atoms with E-state index < -0.39 is 4.33 Å². The molecule has 0 fully saturated rings. The summed E-state index contributed by atoms with van der Waals surface area (Å²) >= 11 is 14.0. The number of nitrogens with zero attached hydrogens (tertiary/aromatic N) is 1. The topological polar surface area (TPSA) is 20.3 Å². The number of hydrogen-bond donors (Lipinski definition) is 0. The van der Waals surface area contributed by atoms with Gasteiger partial charge in [-0.1, -0.05) is 23.2 Å². The average molecular weight is 286 g/mol. The highest BCUT2D eigenvalue weighted by molar-refractivity contribution is 7.17. The van der Waals surface area contributed by atoms with Crippen molar-refractivity contribution in [1.29, 1.82) is 0 Å². The Balaban J connectivity index is 2.33. The highest BCUT2D eigenvalue weighted by atomic mass is 35.5. The van der Waals surface area contributed by atoms with Crippen molar-refractivity contribution >= 4 is 56.2 Å². The lowest BCUT2D eigenvalue weighted by Crippen LogP contribution is -2.33. The van der Waals surface area contributed by atoms with Crippen LogP contribution in [0.1, 0.15) is 12.5 Å². The summed E-state index contributed by atoms with van der Waals surface area (Å²) in [6, 6.07) is 5.93. The second-order valence-electron chi connectivity index (χ2n) is 3.95. The molecule has 2 aromatic rings. The van der Waals surface area contributed by atoms with E-state index in [0.29, 0.717) is 12.1 Å². The van der Waals surface area contributed by atoms with E-state index in [1.165, 1.54) is 0 Å². The van der Waals surface area contributed by atoms with Crippen LogP contribution in [0, 0.1) is 0 Å². The van der Waals surface area contributed by atoms with Gasteiger partial charge in [0.05, 0.1) is 5.69 Å². The molecule has 0 atom stereocenters. The molecule has 3 rings (SSSR count). The third-order valence-electron chi connectivity index (χ3n) is 3.03. The van der Waals surface area contributed by atoms with Crippen LogP contribution in [0.15, 0.2) is 23.6 Å². The Bertz CT molecular complexity index is 620. The molecule has 0 saturated carbocycles. The van der Waals surface area contributed by atoms with Crippen LogP contribution in [-0.4, -0.2) is 12.5 Å². The Labute approximate surface area is 113 Å². The van der Waals surface area contributed by atoms with E-state index in [0.717, 1.165) is 15.8 Å². The lowest BCUT2D eigenvalue weighted by Gasteiger charge is -2.15. The first-order chi connectivity index (χ1) is 8.05. The number of likely N-dealkylation sites (N-methyl/N-ethyl adjacent to an activating group) is 1. The maximum Gasteiger partial charge on any atom is 0.268 e. The molecular formula is C12H9Cl2NOS. The fourth-order valence-electron chi connectivity index (χ4n) is 2.18. The Morgan fingerprint density at radius 2 is 2.18 bits per heavy atom. The summed E-state index contributed by atoms with van der Waals surface area (Å²) < 4.78 is -0.344. The minimum Gasteiger partial charge on any atom is -0.309 e. The molecule has 2 nitrogen and oxygen atoms in total. The van der Waals surface area contributed by atoms with Crippen molar-refractivity contribution in [2.75, 3.05) is 11.4 Å². The molecule has 0 unspecified atom stereocenters. The van der Waals surface area contributed by atoms with E-state index in [2.05, 4.69) is 0 Å². The molecule has 0 spiro atoms. The number of alkyl halides is 2. The molecule has 0 radical (unpaired) electrons. The maximum absolute atomic E-state index is 12.1. The van der Waals surface area contributed by atoms with Crippen LogP contribution < -0.4 is 4.90 Å². The Kier molecular flexibility index (Phi) is 2.41. The number of amides is 1. The zero-order valence-electron chi connectivity index (χ0n) is 9.04. The summed E-state index contributed by atoms with van der Waals surface area (Å²) in [5.74, 6) is -0.254. The Morgan fingerprint density at radius 3 is 2.88 bits per heavy atom. The van der Waals surface area contributed by atoms with Crippen LogP contribution in [0.5, 0.6) is 0 Å². The van der Waals surface area contributed by atoms with Crippen molar-refractivity contribution in [3.63, 3.8) is 0 Å². The van der Waals surface area contributed by atoms with Crippen molar-refractivity contribution in [3.05, 3.63) is 29.1 Å². The summed E-state index contributed by atoms with van der Waals surface area (Å²) in [6.45, 7) is 2.48. The molecule has 0 saturated heterocycles. The number of rotatable bonds is 1. The first-order valence-electron chi connectivity index (χ1n) is 5.27. The molecular weight excluding hydrogens is 277 g/mol. The molecule has 1 aromatic carbocycles. The number of anilines is 1. The van der Waals surface area contributed by atoms with E-state index in [1.54, 1.807) is 16.2 Å². The van der Waals surface area contributed by atoms with Crippen molar-refractivity contribution in [3.8, 4) is 0 Å². The van der Waals surface area contributed by atoms with Gasteiger partial charge in [-0.25, -0.2) is 0 Å². The first kappa shape index (κ1) is 11.3. The summed E-state index contributed by atoms with van der Waals surface area (Å²) in [5.41, 5.74) is 1.52. The minimum atomic E-state index is -1.44. The van der Waals surface area contributed by atoms with Gasteiger partial charge in [-0.15, -0.1) is 11.3 Å². The normalized spacial score (nSPS) is 17.8. The predicted molar refractivity (Wildman–Crippen MR) is 73.2 cm³/mol.